The molecule has 1 unspecified atom stereocenters. The van der Waals surface area contributed by atoms with E-state index in [0.717, 1.165) is 18.4 Å². The lowest BCUT2D eigenvalue weighted by Gasteiger charge is -2.36. The number of nitrogens with zero attached hydrogens (tertiary/aromatic N) is 2. The molecule has 0 N–H and O–H groups in total. The standard InChI is InChI=1S/C17H28N2/c1-5-18(4)13-15(3)14(2)11-16-7-8-17(12-16)19-9-6-10-19/h5,13,16-17H,1-2,6-12H2,3-4H3/b15-13+/t16-,17?/m0/s1. The summed E-state index contributed by atoms with van der Waals surface area (Å²) in [7, 11) is 2.01. The molecule has 2 rings (SSSR count). The fourth-order valence-electron chi connectivity index (χ4n) is 3.23. The van der Waals surface area contributed by atoms with Crippen LogP contribution < -0.4 is 0 Å². The van der Waals surface area contributed by atoms with Crippen molar-refractivity contribution in [2.24, 2.45) is 5.92 Å². The van der Waals surface area contributed by atoms with Gasteiger partial charge >= 0.3 is 0 Å². The van der Waals surface area contributed by atoms with E-state index < -0.39 is 0 Å². The van der Waals surface area contributed by atoms with Crippen molar-refractivity contribution in [1.82, 2.24) is 9.80 Å². The maximum atomic E-state index is 4.27. The average Bonchev–Trinajstić information content (AvgIpc) is 2.74. The zero-order valence-corrected chi connectivity index (χ0v) is 12.6. The predicted molar refractivity (Wildman–Crippen MR) is 82.8 cm³/mol. The van der Waals surface area contributed by atoms with Gasteiger partial charge in [-0.3, -0.25) is 0 Å². The quantitative estimate of drug-likeness (QED) is 0.671. The first-order valence-electron chi connectivity index (χ1n) is 7.55. The Balaban J connectivity index is 1.79. The van der Waals surface area contributed by atoms with Crippen molar-refractivity contribution in [2.75, 3.05) is 20.1 Å². The van der Waals surface area contributed by atoms with Crippen LogP contribution in [0, 0.1) is 5.92 Å². The van der Waals surface area contributed by atoms with Crippen LogP contribution in [0.3, 0.4) is 0 Å². The monoisotopic (exact) mass is 260 g/mol. The highest BCUT2D eigenvalue weighted by molar-refractivity contribution is 5.26. The Morgan fingerprint density at radius 3 is 2.68 bits per heavy atom. The Bertz CT molecular complexity index is 365. The summed E-state index contributed by atoms with van der Waals surface area (Å²) in [4.78, 5) is 4.66. The Morgan fingerprint density at radius 1 is 1.37 bits per heavy atom. The molecule has 2 nitrogen and oxygen atoms in total. The molecule has 1 aliphatic heterocycles. The van der Waals surface area contributed by atoms with E-state index in [4.69, 9.17) is 0 Å². The molecule has 0 bridgehead atoms. The summed E-state index contributed by atoms with van der Waals surface area (Å²) in [5, 5.41) is 0. The predicted octanol–water partition coefficient (Wildman–Crippen LogP) is 3.79. The maximum absolute atomic E-state index is 4.27. The summed E-state index contributed by atoms with van der Waals surface area (Å²) in [6, 6.07) is 0.867. The van der Waals surface area contributed by atoms with Gasteiger partial charge in [-0.1, -0.05) is 18.7 Å². The van der Waals surface area contributed by atoms with Gasteiger partial charge in [0, 0.05) is 19.3 Å². The van der Waals surface area contributed by atoms with Crippen molar-refractivity contribution in [3.05, 3.63) is 36.7 Å². The van der Waals surface area contributed by atoms with E-state index in [1.54, 1.807) is 0 Å². The largest absolute Gasteiger partial charge is 0.358 e. The van der Waals surface area contributed by atoms with Crippen LogP contribution in [0.2, 0.25) is 0 Å². The lowest BCUT2D eigenvalue weighted by molar-refractivity contribution is 0.118. The highest BCUT2D eigenvalue weighted by atomic mass is 15.2. The third-order valence-corrected chi connectivity index (χ3v) is 4.70. The lowest BCUT2D eigenvalue weighted by Crippen LogP contribution is -2.43. The topological polar surface area (TPSA) is 6.48 Å². The minimum atomic E-state index is 0.843. The van der Waals surface area contributed by atoms with Crippen molar-refractivity contribution in [1.29, 1.82) is 0 Å². The third-order valence-electron chi connectivity index (χ3n) is 4.70. The van der Waals surface area contributed by atoms with Gasteiger partial charge in [0.15, 0.2) is 0 Å². The van der Waals surface area contributed by atoms with E-state index in [0.29, 0.717) is 0 Å². The van der Waals surface area contributed by atoms with Gasteiger partial charge in [0.2, 0.25) is 0 Å². The second-order valence-electron chi connectivity index (χ2n) is 6.19. The van der Waals surface area contributed by atoms with Gasteiger partial charge in [-0.2, -0.15) is 0 Å². The number of rotatable bonds is 6. The van der Waals surface area contributed by atoms with Crippen LogP contribution in [0.4, 0.5) is 0 Å². The van der Waals surface area contributed by atoms with Crippen molar-refractivity contribution in [3.63, 3.8) is 0 Å². The molecule has 1 aliphatic carbocycles. The van der Waals surface area contributed by atoms with Gasteiger partial charge in [0.25, 0.3) is 0 Å². The molecule has 2 heteroatoms. The minimum Gasteiger partial charge on any atom is -0.358 e. The molecule has 1 saturated heterocycles. The van der Waals surface area contributed by atoms with E-state index in [9.17, 15) is 0 Å². The lowest BCUT2D eigenvalue weighted by atomic mass is 9.94. The first kappa shape index (κ1) is 14.4. The van der Waals surface area contributed by atoms with Crippen molar-refractivity contribution < 1.29 is 0 Å². The van der Waals surface area contributed by atoms with E-state index in [1.165, 1.54) is 49.9 Å². The molecule has 19 heavy (non-hydrogen) atoms. The van der Waals surface area contributed by atoms with Crippen LogP contribution in [0.15, 0.2) is 36.7 Å². The Kier molecular flexibility index (Phi) is 4.87. The second-order valence-corrected chi connectivity index (χ2v) is 6.19. The van der Waals surface area contributed by atoms with Gasteiger partial charge in [-0.25, -0.2) is 0 Å². The van der Waals surface area contributed by atoms with E-state index in [1.807, 2.05) is 18.1 Å². The molecule has 0 aromatic rings. The van der Waals surface area contributed by atoms with Crippen molar-refractivity contribution >= 4 is 0 Å². The Morgan fingerprint density at radius 2 is 2.11 bits per heavy atom. The second kappa shape index (κ2) is 6.42. The van der Waals surface area contributed by atoms with Gasteiger partial charge in [0.05, 0.1) is 0 Å². The molecule has 0 aromatic heterocycles. The highest BCUT2D eigenvalue weighted by Gasteiger charge is 2.31. The average molecular weight is 260 g/mol. The van der Waals surface area contributed by atoms with Crippen LogP contribution in [0.1, 0.15) is 39.0 Å². The molecule has 106 valence electrons. The molecule has 1 heterocycles. The summed E-state index contributed by atoms with van der Waals surface area (Å²) in [6.45, 7) is 12.9. The normalized spacial score (nSPS) is 28.0. The van der Waals surface area contributed by atoms with Gasteiger partial charge in [-0.15, -0.1) is 0 Å². The van der Waals surface area contributed by atoms with Crippen LogP contribution >= 0.6 is 0 Å². The highest BCUT2D eigenvalue weighted by Crippen LogP contribution is 2.36. The molecule has 0 radical (unpaired) electrons. The smallest absolute Gasteiger partial charge is 0.0106 e. The zero-order chi connectivity index (χ0) is 13.8. The fraction of sp³-hybridized carbons (Fsp3) is 0.647. The summed E-state index contributed by atoms with van der Waals surface area (Å²) < 4.78 is 0. The summed E-state index contributed by atoms with van der Waals surface area (Å²) >= 11 is 0. The van der Waals surface area contributed by atoms with Gasteiger partial charge in [0.1, 0.15) is 0 Å². The number of hydrogen-bond acceptors (Lipinski definition) is 2. The summed E-state index contributed by atoms with van der Waals surface area (Å²) in [5.41, 5.74) is 2.58. The molecule has 2 aliphatic rings. The number of hydrogen-bond donors (Lipinski definition) is 0. The molecule has 1 saturated carbocycles. The van der Waals surface area contributed by atoms with Crippen molar-refractivity contribution in [3.8, 4) is 0 Å². The first-order valence-corrected chi connectivity index (χ1v) is 7.55. The molecule has 0 aromatic carbocycles. The van der Waals surface area contributed by atoms with Gasteiger partial charge < -0.3 is 9.80 Å². The van der Waals surface area contributed by atoms with Crippen LogP contribution in [-0.2, 0) is 0 Å². The maximum Gasteiger partial charge on any atom is 0.0106 e. The molecular weight excluding hydrogens is 232 g/mol. The zero-order valence-electron chi connectivity index (χ0n) is 12.6. The fourth-order valence-corrected chi connectivity index (χ4v) is 3.23. The SMILES string of the molecule is C=CN(C)/C=C(\C)C(=C)C[C@@H]1CCC(N2CCC2)C1. The third kappa shape index (κ3) is 3.73. The van der Waals surface area contributed by atoms with E-state index in [-0.39, 0.29) is 0 Å². The molecular formula is C17H28N2. The summed E-state index contributed by atoms with van der Waals surface area (Å²) in [6.07, 6.45) is 10.7. The molecule has 0 amide bonds. The summed E-state index contributed by atoms with van der Waals surface area (Å²) in [5.74, 6) is 0.843. The van der Waals surface area contributed by atoms with E-state index in [2.05, 4.69) is 31.2 Å². The first-order chi connectivity index (χ1) is 9.10. The van der Waals surface area contributed by atoms with Gasteiger partial charge in [-0.05, 0) is 69.8 Å². The Labute approximate surface area is 118 Å². The molecule has 2 atom stereocenters. The number of allylic oxidation sites excluding steroid dienone is 2. The number of likely N-dealkylation sites (tertiary alicyclic amines) is 1. The van der Waals surface area contributed by atoms with Crippen LogP contribution in [0.25, 0.3) is 0 Å². The molecule has 0 spiro atoms. The minimum absolute atomic E-state index is 0.843. The Hall–Kier alpha value is -1.02. The van der Waals surface area contributed by atoms with E-state index >= 15 is 0 Å². The molecule has 2 fully saturated rings. The van der Waals surface area contributed by atoms with Crippen molar-refractivity contribution in [2.45, 2.75) is 45.1 Å². The van der Waals surface area contributed by atoms with Crippen LogP contribution in [-0.4, -0.2) is 36.0 Å². The van der Waals surface area contributed by atoms with Crippen LogP contribution in [0.5, 0.6) is 0 Å².